The Morgan fingerprint density at radius 2 is 2.05 bits per heavy atom. The molecule has 3 heterocycles. The molecule has 0 amide bonds. The molecule has 0 unspecified atom stereocenters. The molecule has 3 nitrogen and oxygen atoms in total. The van der Waals surface area contributed by atoms with E-state index in [9.17, 15) is 0 Å². The molecule has 0 radical (unpaired) electrons. The van der Waals surface area contributed by atoms with Crippen LogP contribution >= 0.6 is 23.4 Å². The lowest BCUT2D eigenvalue weighted by Gasteiger charge is -2.36. The molecule has 20 heavy (non-hydrogen) atoms. The van der Waals surface area contributed by atoms with Crippen molar-refractivity contribution < 1.29 is 0 Å². The Balaban J connectivity index is 1.57. The number of piperidine rings is 1. The zero-order chi connectivity index (χ0) is 13.7. The number of thioether (sulfide) groups is 1. The van der Waals surface area contributed by atoms with E-state index in [0.717, 1.165) is 28.0 Å². The molecule has 0 spiro atoms. The van der Waals surface area contributed by atoms with Gasteiger partial charge in [-0.1, -0.05) is 11.6 Å². The van der Waals surface area contributed by atoms with Crippen LogP contribution in [0.1, 0.15) is 25.7 Å². The second kappa shape index (κ2) is 4.93. The van der Waals surface area contributed by atoms with Gasteiger partial charge in [-0.25, -0.2) is 0 Å². The zero-order valence-corrected chi connectivity index (χ0v) is 13.0. The number of nitrogens with one attached hydrogen (secondary N) is 1. The van der Waals surface area contributed by atoms with Crippen LogP contribution in [0.15, 0.2) is 23.2 Å². The molecule has 1 aromatic heterocycles. The molecule has 5 heteroatoms. The van der Waals surface area contributed by atoms with Crippen LogP contribution in [0.5, 0.6) is 0 Å². The minimum Gasteiger partial charge on any atom is -0.300 e. The number of aromatic amines is 1. The Morgan fingerprint density at radius 3 is 2.80 bits per heavy atom. The summed E-state index contributed by atoms with van der Waals surface area (Å²) in [5, 5.41) is 9.63. The molecule has 0 saturated carbocycles. The average Bonchev–Trinajstić information content (AvgIpc) is 2.97. The number of H-pyrrole nitrogens is 1. The van der Waals surface area contributed by atoms with Crippen molar-refractivity contribution in [3.63, 3.8) is 0 Å². The highest BCUT2D eigenvalue weighted by Crippen LogP contribution is 2.43. The molecule has 3 atom stereocenters. The molecule has 0 aliphatic carbocycles. The molecule has 2 aliphatic heterocycles. The molecule has 1 N–H and O–H groups in total. The van der Waals surface area contributed by atoms with Crippen LogP contribution < -0.4 is 0 Å². The van der Waals surface area contributed by atoms with Crippen molar-refractivity contribution in [2.24, 2.45) is 0 Å². The van der Waals surface area contributed by atoms with Crippen LogP contribution in [-0.2, 0) is 0 Å². The summed E-state index contributed by atoms with van der Waals surface area (Å²) in [7, 11) is 2.29. The van der Waals surface area contributed by atoms with Gasteiger partial charge >= 0.3 is 0 Å². The topological polar surface area (TPSA) is 31.9 Å². The number of nitrogens with zero attached hydrogens (tertiary/aromatic N) is 2. The maximum Gasteiger partial charge on any atom is 0.0666 e. The van der Waals surface area contributed by atoms with Gasteiger partial charge in [0.15, 0.2) is 0 Å². The third-order valence-electron chi connectivity index (χ3n) is 4.87. The van der Waals surface area contributed by atoms with Gasteiger partial charge in [-0.2, -0.15) is 5.10 Å². The number of hydrogen-bond donors (Lipinski definition) is 1. The third-order valence-corrected chi connectivity index (χ3v) is 6.70. The van der Waals surface area contributed by atoms with Crippen molar-refractivity contribution in [3.05, 3.63) is 23.4 Å². The van der Waals surface area contributed by atoms with E-state index in [1.807, 2.05) is 18.0 Å². The van der Waals surface area contributed by atoms with Gasteiger partial charge in [0.05, 0.1) is 16.7 Å². The molecule has 2 bridgehead atoms. The van der Waals surface area contributed by atoms with E-state index in [2.05, 4.69) is 34.3 Å². The maximum absolute atomic E-state index is 6.53. The fraction of sp³-hybridized carbons (Fsp3) is 0.533. The molecule has 2 aromatic rings. The highest BCUT2D eigenvalue weighted by molar-refractivity contribution is 8.00. The summed E-state index contributed by atoms with van der Waals surface area (Å²) < 4.78 is 0. The quantitative estimate of drug-likeness (QED) is 0.912. The number of hydrogen-bond acceptors (Lipinski definition) is 3. The first-order valence-electron chi connectivity index (χ1n) is 7.22. The molecule has 106 valence electrons. The highest BCUT2D eigenvalue weighted by atomic mass is 35.5. The number of halogens is 1. The van der Waals surface area contributed by atoms with Crippen LogP contribution in [0.4, 0.5) is 0 Å². The molecule has 1 aromatic carbocycles. The van der Waals surface area contributed by atoms with Gasteiger partial charge in [-0.15, -0.1) is 11.8 Å². The number of fused-ring (bicyclic) bond motifs is 3. The van der Waals surface area contributed by atoms with E-state index in [-0.39, 0.29) is 0 Å². The largest absolute Gasteiger partial charge is 0.300 e. The van der Waals surface area contributed by atoms with Gasteiger partial charge in [0, 0.05) is 27.6 Å². The summed E-state index contributed by atoms with van der Waals surface area (Å²) in [6.45, 7) is 0. The molecular weight excluding hydrogens is 290 g/mol. The van der Waals surface area contributed by atoms with Crippen LogP contribution in [0.2, 0.25) is 5.02 Å². The smallest absolute Gasteiger partial charge is 0.0666 e. The second-order valence-electron chi connectivity index (χ2n) is 5.97. The van der Waals surface area contributed by atoms with Gasteiger partial charge in [0.1, 0.15) is 0 Å². The lowest BCUT2D eigenvalue weighted by Crippen LogP contribution is -2.40. The highest BCUT2D eigenvalue weighted by Gasteiger charge is 2.38. The van der Waals surface area contributed by atoms with E-state index in [1.54, 1.807) is 0 Å². The van der Waals surface area contributed by atoms with E-state index in [4.69, 9.17) is 11.6 Å². The van der Waals surface area contributed by atoms with Crippen molar-refractivity contribution in [1.82, 2.24) is 15.1 Å². The van der Waals surface area contributed by atoms with Crippen LogP contribution in [-0.4, -0.2) is 39.5 Å². The van der Waals surface area contributed by atoms with Crippen LogP contribution in [0, 0.1) is 0 Å². The Kier molecular flexibility index (Phi) is 3.20. The predicted molar refractivity (Wildman–Crippen MR) is 84.6 cm³/mol. The number of rotatable bonds is 2. The van der Waals surface area contributed by atoms with E-state index < -0.39 is 0 Å². The number of aromatic nitrogens is 2. The van der Waals surface area contributed by atoms with Crippen molar-refractivity contribution in [1.29, 1.82) is 0 Å². The first kappa shape index (κ1) is 13.0. The second-order valence-corrected chi connectivity index (χ2v) is 7.69. The molecule has 4 rings (SSSR count). The van der Waals surface area contributed by atoms with Crippen LogP contribution in [0.25, 0.3) is 10.9 Å². The summed E-state index contributed by atoms with van der Waals surface area (Å²) in [6.07, 6.45) is 7.13. The maximum atomic E-state index is 6.53. The Labute approximate surface area is 128 Å². The van der Waals surface area contributed by atoms with Gasteiger partial charge in [-0.3, -0.25) is 5.10 Å². The number of benzene rings is 1. The predicted octanol–water partition coefficient (Wildman–Crippen LogP) is 3.93. The first-order valence-corrected chi connectivity index (χ1v) is 8.48. The van der Waals surface area contributed by atoms with Crippen molar-refractivity contribution in [2.75, 3.05) is 7.05 Å². The monoisotopic (exact) mass is 307 g/mol. The lowest BCUT2D eigenvalue weighted by atomic mass is 10.0. The van der Waals surface area contributed by atoms with E-state index in [1.165, 1.54) is 30.6 Å². The van der Waals surface area contributed by atoms with Gasteiger partial charge in [-0.05, 0) is 44.9 Å². The lowest BCUT2D eigenvalue weighted by molar-refractivity contribution is 0.183. The van der Waals surface area contributed by atoms with Gasteiger partial charge in [0.25, 0.3) is 0 Å². The SMILES string of the molecule is CN1[C@@H]2CC[C@H]1C[C@H](Sc1ccc3[nH]ncc3c1Cl)C2. The Morgan fingerprint density at radius 1 is 1.30 bits per heavy atom. The Bertz CT molecular complexity index is 627. The summed E-state index contributed by atoms with van der Waals surface area (Å²) in [4.78, 5) is 3.78. The van der Waals surface area contributed by atoms with E-state index >= 15 is 0 Å². The zero-order valence-electron chi connectivity index (χ0n) is 11.5. The Hall–Kier alpha value is -0.710. The standard InChI is InChI=1S/C15H18ClN3S/c1-19-9-2-3-10(19)7-11(6-9)20-14-5-4-13-12(15(14)16)8-17-18-13/h4-5,8-11H,2-3,6-7H2,1H3,(H,17,18)/t9-,10+,11-. The van der Waals surface area contributed by atoms with Crippen molar-refractivity contribution in [2.45, 2.75) is 47.9 Å². The molecule has 2 saturated heterocycles. The normalized spacial score (nSPS) is 30.2. The first-order chi connectivity index (χ1) is 9.72. The average molecular weight is 308 g/mol. The van der Waals surface area contributed by atoms with Crippen LogP contribution in [0.3, 0.4) is 0 Å². The fourth-order valence-electron chi connectivity index (χ4n) is 3.69. The molecule has 2 aliphatic rings. The summed E-state index contributed by atoms with van der Waals surface area (Å²) in [5.41, 5.74) is 1.02. The molecular formula is C15H18ClN3S. The third kappa shape index (κ3) is 2.05. The minimum absolute atomic E-state index is 0.700. The van der Waals surface area contributed by atoms with E-state index in [0.29, 0.717) is 5.25 Å². The molecule has 2 fully saturated rings. The van der Waals surface area contributed by atoms with Gasteiger partial charge in [0.2, 0.25) is 0 Å². The minimum atomic E-state index is 0.700. The van der Waals surface area contributed by atoms with Gasteiger partial charge < -0.3 is 4.90 Å². The summed E-state index contributed by atoms with van der Waals surface area (Å²) in [5.74, 6) is 0. The van der Waals surface area contributed by atoms with Crippen molar-refractivity contribution in [3.8, 4) is 0 Å². The summed E-state index contributed by atoms with van der Waals surface area (Å²) >= 11 is 8.49. The van der Waals surface area contributed by atoms with Crippen molar-refractivity contribution >= 4 is 34.3 Å². The summed E-state index contributed by atoms with van der Waals surface area (Å²) in [6, 6.07) is 5.78. The fourth-order valence-corrected chi connectivity index (χ4v) is 5.39.